The van der Waals surface area contributed by atoms with Gasteiger partial charge in [0.25, 0.3) is 11.6 Å². The number of carbonyl (C=O) groups is 2. The Morgan fingerprint density at radius 1 is 1.45 bits per heavy atom. The second kappa shape index (κ2) is 5.68. The fraction of sp³-hybridized carbons (Fsp3) is 0.385. The van der Waals surface area contributed by atoms with Crippen LogP contribution in [-0.2, 0) is 9.53 Å². The van der Waals surface area contributed by atoms with E-state index in [1.807, 2.05) is 0 Å². The van der Waals surface area contributed by atoms with E-state index in [-0.39, 0.29) is 29.8 Å². The molecule has 1 fully saturated rings. The van der Waals surface area contributed by atoms with Gasteiger partial charge in [-0.05, 0) is 25.8 Å². The molecular weight excluding hydrogens is 264 g/mol. The van der Waals surface area contributed by atoms with Crippen molar-refractivity contribution < 1.29 is 19.2 Å². The van der Waals surface area contributed by atoms with Gasteiger partial charge in [-0.2, -0.15) is 0 Å². The van der Waals surface area contributed by atoms with Gasteiger partial charge in [-0.3, -0.25) is 14.9 Å². The van der Waals surface area contributed by atoms with E-state index in [4.69, 9.17) is 4.74 Å². The number of nitro groups is 1. The summed E-state index contributed by atoms with van der Waals surface area (Å²) in [5.41, 5.74) is 0.362. The average Bonchev–Trinajstić information content (AvgIpc) is 3.20. The van der Waals surface area contributed by atoms with Crippen LogP contribution in [0.1, 0.15) is 28.8 Å². The Morgan fingerprint density at radius 3 is 2.75 bits per heavy atom. The molecule has 20 heavy (non-hydrogen) atoms. The summed E-state index contributed by atoms with van der Waals surface area (Å²) in [4.78, 5) is 33.3. The van der Waals surface area contributed by atoms with E-state index in [2.05, 4.69) is 5.32 Å². The third-order valence-corrected chi connectivity index (χ3v) is 2.92. The van der Waals surface area contributed by atoms with Crippen molar-refractivity contribution in [3.63, 3.8) is 0 Å². The summed E-state index contributed by atoms with van der Waals surface area (Å²) < 4.78 is 4.82. The minimum absolute atomic E-state index is 0.0570. The minimum Gasteiger partial charge on any atom is -0.452 e. The van der Waals surface area contributed by atoms with Crippen LogP contribution in [0.2, 0.25) is 0 Å². The van der Waals surface area contributed by atoms with E-state index in [1.165, 1.54) is 12.1 Å². The normalized spacial score (nSPS) is 13.7. The molecule has 1 aliphatic carbocycles. The van der Waals surface area contributed by atoms with Crippen LogP contribution in [0.4, 0.5) is 5.69 Å². The zero-order chi connectivity index (χ0) is 14.7. The van der Waals surface area contributed by atoms with Crippen LogP contribution >= 0.6 is 0 Å². The number of amides is 1. The SMILES string of the molecule is Cc1ccc(C(=O)OCC(=O)NC2CC2)cc1[N+](=O)[O-]. The van der Waals surface area contributed by atoms with E-state index >= 15 is 0 Å². The van der Waals surface area contributed by atoms with Crippen molar-refractivity contribution in [2.45, 2.75) is 25.8 Å². The highest BCUT2D eigenvalue weighted by Crippen LogP contribution is 2.20. The number of hydrogen-bond acceptors (Lipinski definition) is 5. The van der Waals surface area contributed by atoms with E-state index < -0.39 is 10.9 Å². The Morgan fingerprint density at radius 2 is 2.15 bits per heavy atom. The third kappa shape index (κ3) is 3.53. The van der Waals surface area contributed by atoms with Gasteiger partial charge in [-0.15, -0.1) is 0 Å². The molecule has 0 saturated heterocycles. The van der Waals surface area contributed by atoms with Crippen LogP contribution < -0.4 is 5.32 Å². The number of nitro benzene ring substituents is 1. The molecule has 1 N–H and O–H groups in total. The highest BCUT2D eigenvalue weighted by atomic mass is 16.6. The lowest BCUT2D eigenvalue weighted by Crippen LogP contribution is -2.30. The molecule has 0 aliphatic heterocycles. The summed E-state index contributed by atoms with van der Waals surface area (Å²) in [6, 6.07) is 4.25. The second-order valence-corrected chi connectivity index (χ2v) is 4.68. The molecule has 0 heterocycles. The summed E-state index contributed by atoms with van der Waals surface area (Å²) in [7, 11) is 0. The summed E-state index contributed by atoms with van der Waals surface area (Å²) in [5.74, 6) is -1.11. The van der Waals surface area contributed by atoms with E-state index in [9.17, 15) is 19.7 Å². The minimum atomic E-state index is -0.751. The van der Waals surface area contributed by atoms with E-state index in [0.29, 0.717) is 5.56 Å². The monoisotopic (exact) mass is 278 g/mol. The Bertz CT molecular complexity index is 566. The van der Waals surface area contributed by atoms with Crippen LogP contribution in [0.5, 0.6) is 0 Å². The summed E-state index contributed by atoms with van der Waals surface area (Å²) in [5, 5.41) is 13.5. The van der Waals surface area contributed by atoms with Crippen molar-refractivity contribution >= 4 is 17.6 Å². The zero-order valence-corrected chi connectivity index (χ0v) is 10.9. The van der Waals surface area contributed by atoms with Gasteiger partial charge in [0, 0.05) is 17.7 Å². The Balaban J connectivity index is 1.96. The number of rotatable bonds is 5. The number of hydrogen-bond donors (Lipinski definition) is 1. The highest BCUT2D eigenvalue weighted by Gasteiger charge is 2.24. The number of benzene rings is 1. The molecule has 1 aromatic rings. The first-order chi connectivity index (χ1) is 9.47. The summed E-state index contributed by atoms with van der Waals surface area (Å²) in [6.07, 6.45) is 1.90. The fourth-order valence-electron chi connectivity index (χ4n) is 1.64. The van der Waals surface area contributed by atoms with Crippen LogP contribution in [0.3, 0.4) is 0 Å². The lowest BCUT2D eigenvalue weighted by molar-refractivity contribution is -0.385. The Labute approximate surface area is 115 Å². The summed E-state index contributed by atoms with van der Waals surface area (Å²) >= 11 is 0. The molecular formula is C13H14N2O5. The van der Waals surface area contributed by atoms with E-state index in [0.717, 1.165) is 18.9 Å². The third-order valence-electron chi connectivity index (χ3n) is 2.92. The molecule has 2 rings (SSSR count). The maximum atomic E-state index is 11.7. The Kier molecular flexibility index (Phi) is 3.97. The quantitative estimate of drug-likeness (QED) is 0.498. The van der Waals surface area contributed by atoms with Crippen LogP contribution in [0, 0.1) is 17.0 Å². The van der Waals surface area contributed by atoms with Crippen molar-refractivity contribution in [3.05, 3.63) is 39.4 Å². The molecule has 0 bridgehead atoms. The first-order valence-corrected chi connectivity index (χ1v) is 6.19. The van der Waals surface area contributed by atoms with Gasteiger partial charge in [0.1, 0.15) is 0 Å². The topological polar surface area (TPSA) is 98.5 Å². The van der Waals surface area contributed by atoms with Crippen molar-refractivity contribution in [1.29, 1.82) is 0 Å². The fourth-order valence-corrected chi connectivity index (χ4v) is 1.64. The van der Waals surface area contributed by atoms with Crippen LogP contribution in [0.15, 0.2) is 18.2 Å². The molecule has 1 saturated carbocycles. The standard InChI is InChI=1S/C13H14N2O5/c1-8-2-3-9(6-11(8)15(18)19)13(17)20-7-12(16)14-10-4-5-10/h2-3,6,10H,4-5,7H2,1H3,(H,14,16). The van der Waals surface area contributed by atoms with E-state index in [1.54, 1.807) is 6.92 Å². The average molecular weight is 278 g/mol. The predicted molar refractivity (Wildman–Crippen MR) is 69.3 cm³/mol. The van der Waals surface area contributed by atoms with Crippen LogP contribution in [-0.4, -0.2) is 29.4 Å². The summed E-state index contributed by atoms with van der Waals surface area (Å²) in [6.45, 7) is 1.20. The van der Waals surface area contributed by atoms with Crippen molar-refractivity contribution in [1.82, 2.24) is 5.32 Å². The number of ether oxygens (including phenoxy) is 1. The molecule has 0 aromatic heterocycles. The second-order valence-electron chi connectivity index (χ2n) is 4.68. The van der Waals surface area contributed by atoms with Gasteiger partial charge in [0.15, 0.2) is 6.61 Å². The molecule has 1 aromatic carbocycles. The largest absolute Gasteiger partial charge is 0.452 e. The number of aryl methyl sites for hydroxylation is 1. The van der Waals surface area contributed by atoms with Gasteiger partial charge >= 0.3 is 5.97 Å². The zero-order valence-electron chi connectivity index (χ0n) is 10.9. The molecule has 0 unspecified atom stereocenters. The first kappa shape index (κ1) is 14.0. The molecule has 0 atom stereocenters. The number of carbonyl (C=O) groups excluding carboxylic acids is 2. The lowest BCUT2D eigenvalue weighted by Gasteiger charge is -2.06. The smallest absolute Gasteiger partial charge is 0.338 e. The predicted octanol–water partition coefficient (Wildman–Crippen LogP) is 1.34. The number of esters is 1. The molecule has 7 nitrogen and oxygen atoms in total. The number of nitrogens with zero attached hydrogens (tertiary/aromatic N) is 1. The van der Waals surface area contributed by atoms with Crippen molar-refractivity contribution in [2.24, 2.45) is 0 Å². The molecule has 0 radical (unpaired) electrons. The lowest BCUT2D eigenvalue weighted by atomic mass is 10.1. The molecule has 0 spiro atoms. The molecule has 7 heteroatoms. The maximum absolute atomic E-state index is 11.7. The van der Waals surface area contributed by atoms with Gasteiger partial charge < -0.3 is 10.1 Å². The Hall–Kier alpha value is -2.44. The van der Waals surface area contributed by atoms with Gasteiger partial charge in [-0.1, -0.05) is 6.07 Å². The van der Waals surface area contributed by atoms with Gasteiger partial charge in [-0.25, -0.2) is 4.79 Å². The van der Waals surface area contributed by atoms with Gasteiger partial charge in [0.05, 0.1) is 10.5 Å². The number of nitrogens with one attached hydrogen (secondary N) is 1. The van der Waals surface area contributed by atoms with Crippen molar-refractivity contribution in [3.8, 4) is 0 Å². The molecule has 106 valence electrons. The van der Waals surface area contributed by atoms with Crippen molar-refractivity contribution in [2.75, 3.05) is 6.61 Å². The molecule has 1 amide bonds. The maximum Gasteiger partial charge on any atom is 0.338 e. The first-order valence-electron chi connectivity index (χ1n) is 6.19. The highest BCUT2D eigenvalue weighted by molar-refractivity contribution is 5.92. The van der Waals surface area contributed by atoms with Gasteiger partial charge in [0.2, 0.25) is 0 Å². The van der Waals surface area contributed by atoms with Crippen LogP contribution in [0.25, 0.3) is 0 Å². The molecule has 1 aliphatic rings.